The Balaban J connectivity index is 2.37. The van der Waals surface area contributed by atoms with Crippen LogP contribution in [0.4, 0.5) is 0 Å². The van der Waals surface area contributed by atoms with Crippen molar-refractivity contribution in [1.29, 1.82) is 0 Å². The Kier molecular flexibility index (Phi) is 4.11. The zero-order chi connectivity index (χ0) is 13.3. The van der Waals surface area contributed by atoms with Crippen molar-refractivity contribution in [2.45, 2.75) is 24.8 Å². The summed E-state index contributed by atoms with van der Waals surface area (Å²) in [5.74, 6) is 0. The fraction of sp³-hybridized carbons (Fsp3) is 0.500. The SMILES string of the molecule is Cc1ccc(S(=O)(=O)N2CCNC[C@H]2C)cc1Br. The van der Waals surface area contributed by atoms with Crippen molar-refractivity contribution in [3.8, 4) is 0 Å². The highest BCUT2D eigenvalue weighted by Gasteiger charge is 2.30. The Hall–Kier alpha value is -0.430. The Labute approximate surface area is 117 Å². The molecule has 2 rings (SSSR count). The molecule has 1 saturated heterocycles. The van der Waals surface area contributed by atoms with E-state index < -0.39 is 10.0 Å². The minimum Gasteiger partial charge on any atom is -0.314 e. The maximum atomic E-state index is 12.5. The molecule has 0 unspecified atom stereocenters. The molecule has 18 heavy (non-hydrogen) atoms. The van der Waals surface area contributed by atoms with Gasteiger partial charge in [0, 0.05) is 30.1 Å². The number of piperazine rings is 1. The number of rotatable bonds is 2. The standard InChI is InChI=1S/C12H17BrN2O2S/c1-9-3-4-11(7-12(9)13)18(16,17)15-6-5-14-8-10(15)2/h3-4,7,10,14H,5-6,8H2,1-2H3/t10-/m1/s1. The second-order valence-electron chi connectivity index (χ2n) is 4.58. The van der Waals surface area contributed by atoms with Crippen molar-refractivity contribution in [2.75, 3.05) is 19.6 Å². The van der Waals surface area contributed by atoms with E-state index in [1.54, 1.807) is 16.4 Å². The second-order valence-corrected chi connectivity index (χ2v) is 7.32. The molecule has 0 aliphatic carbocycles. The molecule has 6 heteroatoms. The van der Waals surface area contributed by atoms with E-state index in [0.717, 1.165) is 10.0 Å². The summed E-state index contributed by atoms with van der Waals surface area (Å²) in [7, 11) is -3.39. The lowest BCUT2D eigenvalue weighted by Crippen LogP contribution is -2.52. The van der Waals surface area contributed by atoms with E-state index in [4.69, 9.17) is 0 Å². The van der Waals surface area contributed by atoms with Crippen LogP contribution in [-0.4, -0.2) is 38.4 Å². The van der Waals surface area contributed by atoms with Crippen LogP contribution in [0, 0.1) is 6.92 Å². The molecule has 1 aliphatic heterocycles. The van der Waals surface area contributed by atoms with Gasteiger partial charge in [0.1, 0.15) is 0 Å². The van der Waals surface area contributed by atoms with Gasteiger partial charge in [0.05, 0.1) is 4.90 Å². The van der Waals surface area contributed by atoms with E-state index in [-0.39, 0.29) is 6.04 Å². The Bertz CT molecular complexity index is 545. The van der Waals surface area contributed by atoms with Crippen molar-refractivity contribution in [1.82, 2.24) is 9.62 Å². The van der Waals surface area contributed by atoms with Crippen LogP contribution in [-0.2, 0) is 10.0 Å². The first-order chi connectivity index (χ1) is 8.43. The summed E-state index contributed by atoms with van der Waals surface area (Å²) in [5.41, 5.74) is 1.03. The molecule has 0 radical (unpaired) electrons. The number of nitrogens with one attached hydrogen (secondary N) is 1. The summed E-state index contributed by atoms with van der Waals surface area (Å²) in [6, 6.07) is 5.16. The second kappa shape index (κ2) is 5.28. The van der Waals surface area contributed by atoms with Crippen molar-refractivity contribution < 1.29 is 8.42 Å². The van der Waals surface area contributed by atoms with Gasteiger partial charge in [-0.1, -0.05) is 22.0 Å². The maximum absolute atomic E-state index is 12.5. The average Bonchev–Trinajstić information content (AvgIpc) is 2.33. The van der Waals surface area contributed by atoms with Gasteiger partial charge >= 0.3 is 0 Å². The van der Waals surface area contributed by atoms with E-state index in [1.165, 1.54) is 0 Å². The largest absolute Gasteiger partial charge is 0.314 e. The van der Waals surface area contributed by atoms with Crippen molar-refractivity contribution in [3.63, 3.8) is 0 Å². The highest BCUT2D eigenvalue weighted by Crippen LogP contribution is 2.24. The highest BCUT2D eigenvalue weighted by molar-refractivity contribution is 9.10. The smallest absolute Gasteiger partial charge is 0.243 e. The molecule has 1 aliphatic rings. The van der Waals surface area contributed by atoms with Crippen molar-refractivity contribution >= 4 is 26.0 Å². The lowest BCUT2D eigenvalue weighted by Gasteiger charge is -2.32. The van der Waals surface area contributed by atoms with Crippen molar-refractivity contribution in [2.24, 2.45) is 0 Å². The van der Waals surface area contributed by atoms with Gasteiger partial charge in [0.15, 0.2) is 0 Å². The van der Waals surface area contributed by atoms with Gasteiger partial charge in [-0.15, -0.1) is 0 Å². The molecule has 0 amide bonds. The van der Waals surface area contributed by atoms with Crippen LogP contribution in [0.15, 0.2) is 27.6 Å². The first-order valence-electron chi connectivity index (χ1n) is 5.91. The zero-order valence-corrected chi connectivity index (χ0v) is 12.9. The third kappa shape index (κ3) is 2.61. The van der Waals surface area contributed by atoms with Crippen LogP contribution >= 0.6 is 15.9 Å². The fourth-order valence-corrected chi connectivity index (χ4v) is 4.24. The Morgan fingerprint density at radius 1 is 1.44 bits per heavy atom. The van der Waals surface area contributed by atoms with Crippen LogP contribution in [0.3, 0.4) is 0 Å². The van der Waals surface area contributed by atoms with Crippen LogP contribution in [0.2, 0.25) is 0 Å². The fourth-order valence-electron chi connectivity index (χ4n) is 2.05. The van der Waals surface area contributed by atoms with Gasteiger partial charge in [-0.25, -0.2) is 8.42 Å². The molecule has 0 aromatic heterocycles. The van der Waals surface area contributed by atoms with E-state index >= 15 is 0 Å². The summed E-state index contributed by atoms with van der Waals surface area (Å²) < 4.78 is 27.5. The number of benzene rings is 1. The maximum Gasteiger partial charge on any atom is 0.243 e. The zero-order valence-electron chi connectivity index (χ0n) is 10.5. The van der Waals surface area contributed by atoms with Crippen LogP contribution in [0.25, 0.3) is 0 Å². The summed E-state index contributed by atoms with van der Waals surface area (Å²) in [6.45, 7) is 5.79. The lowest BCUT2D eigenvalue weighted by atomic mass is 10.2. The van der Waals surface area contributed by atoms with Gasteiger partial charge in [0.25, 0.3) is 0 Å². The van der Waals surface area contributed by atoms with Gasteiger partial charge in [-0.05, 0) is 31.5 Å². The molecule has 1 aromatic carbocycles. The molecule has 1 N–H and O–H groups in total. The topological polar surface area (TPSA) is 49.4 Å². The first-order valence-corrected chi connectivity index (χ1v) is 8.15. The molecule has 100 valence electrons. The molecular formula is C12H17BrN2O2S. The molecule has 0 spiro atoms. The average molecular weight is 333 g/mol. The van der Waals surface area contributed by atoms with Gasteiger partial charge in [-0.2, -0.15) is 4.31 Å². The first kappa shape index (κ1) is 14.0. The third-order valence-corrected chi connectivity index (χ3v) is 6.05. The minimum absolute atomic E-state index is 0.0103. The number of hydrogen-bond acceptors (Lipinski definition) is 3. The van der Waals surface area contributed by atoms with Crippen LogP contribution in [0.1, 0.15) is 12.5 Å². The molecule has 0 saturated carbocycles. The summed E-state index contributed by atoms with van der Waals surface area (Å²) >= 11 is 3.38. The third-order valence-electron chi connectivity index (χ3n) is 3.19. The monoisotopic (exact) mass is 332 g/mol. The quantitative estimate of drug-likeness (QED) is 0.897. The van der Waals surface area contributed by atoms with E-state index in [1.807, 2.05) is 19.9 Å². The normalized spacial score (nSPS) is 22.1. The predicted molar refractivity (Wildman–Crippen MR) is 75.1 cm³/mol. The molecule has 0 bridgehead atoms. The predicted octanol–water partition coefficient (Wildman–Crippen LogP) is 1.74. The van der Waals surface area contributed by atoms with Crippen LogP contribution < -0.4 is 5.32 Å². The number of nitrogens with zero attached hydrogens (tertiary/aromatic N) is 1. The molecular weight excluding hydrogens is 316 g/mol. The molecule has 1 heterocycles. The molecule has 1 aromatic rings. The van der Waals surface area contributed by atoms with E-state index in [0.29, 0.717) is 24.5 Å². The van der Waals surface area contributed by atoms with E-state index in [2.05, 4.69) is 21.2 Å². The van der Waals surface area contributed by atoms with Gasteiger partial charge < -0.3 is 5.32 Å². The molecule has 1 fully saturated rings. The summed E-state index contributed by atoms with van der Waals surface area (Å²) in [4.78, 5) is 0.355. The Morgan fingerprint density at radius 3 is 2.78 bits per heavy atom. The molecule has 4 nitrogen and oxygen atoms in total. The van der Waals surface area contributed by atoms with Gasteiger partial charge in [0.2, 0.25) is 10.0 Å². The van der Waals surface area contributed by atoms with Crippen LogP contribution in [0.5, 0.6) is 0 Å². The minimum atomic E-state index is -3.39. The van der Waals surface area contributed by atoms with Crippen molar-refractivity contribution in [3.05, 3.63) is 28.2 Å². The number of halogens is 1. The highest BCUT2D eigenvalue weighted by atomic mass is 79.9. The van der Waals surface area contributed by atoms with E-state index in [9.17, 15) is 8.42 Å². The molecule has 1 atom stereocenters. The Morgan fingerprint density at radius 2 is 2.17 bits per heavy atom. The van der Waals surface area contributed by atoms with Gasteiger partial charge in [-0.3, -0.25) is 0 Å². The number of aryl methyl sites for hydroxylation is 1. The summed E-state index contributed by atoms with van der Waals surface area (Å²) in [6.07, 6.45) is 0. The lowest BCUT2D eigenvalue weighted by molar-refractivity contribution is 0.284. The number of sulfonamides is 1. The summed E-state index contributed by atoms with van der Waals surface area (Å²) in [5, 5.41) is 3.19. The number of hydrogen-bond donors (Lipinski definition) is 1.